The summed E-state index contributed by atoms with van der Waals surface area (Å²) in [6.07, 6.45) is -2.87. The Labute approximate surface area is 147 Å². The van der Waals surface area contributed by atoms with Gasteiger partial charge in [-0.05, 0) is 24.6 Å². The van der Waals surface area contributed by atoms with Crippen molar-refractivity contribution in [2.45, 2.75) is 32.8 Å². The zero-order chi connectivity index (χ0) is 18.4. The van der Waals surface area contributed by atoms with Gasteiger partial charge in [0.25, 0.3) is 5.91 Å². The van der Waals surface area contributed by atoms with Gasteiger partial charge < -0.3 is 10.1 Å². The first-order valence-corrected chi connectivity index (χ1v) is 7.89. The van der Waals surface area contributed by atoms with E-state index in [1.807, 2.05) is 6.92 Å². The predicted molar refractivity (Wildman–Crippen MR) is 86.2 cm³/mol. The minimum absolute atomic E-state index is 0.195. The number of ether oxygens (including phenoxy) is 1. The minimum Gasteiger partial charge on any atom is -0.367 e. The molecule has 25 heavy (non-hydrogen) atoms. The molecule has 1 aromatic carbocycles. The zero-order valence-corrected chi connectivity index (χ0v) is 14.2. The van der Waals surface area contributed by atoms with E-state index in [2.05, 4.69) is 15.2 Å². The van der Waals surface area contributed by atoms with Crippen LogP contribution in [-0.2, 0) is 24.4 Å². The van der Waals surface area contributed by atoms with Gasteiger partial charge in [-0.15, -0.1) is 0 Å². The van der Waals surface area contributed by atoms with Crippen LogP contribution in [0.1, 0.15) is 28.5 Å². The number of carbonyl (C=O) groups excluding carboxylic acids is 1. The molecular weight excluding hydrogens is 359 g/mol. The summed E-state index contributed by atoms with van der Waals surface area (Å²) in [6, 6.07) is 6.24. The maximum absolute atomic E-state index is 12.2. The molecule has 0 bridgehead atoms. The van der Waals surface area contributed by atoms with E-state index < -0.39 is 12.8 Å². The molecule has 5 nitrogen and oxygen atoms in total. The van der Waals surface area contributed by atoms with Crippen LogP contribution in [0.15, 0.2) is 30.5 Å². The Kier molecular flexibility index (Phi) is 6.44. The number of amides is 1. The number of benzene rings is 1. The van der Waals surface area contributed by atoms with E-state index in [0.717, 1.165) is 0 Å². The highest BCUT2D eigenvalue weighted by Crippen LogP contribution is 2.17. The normalized spacial score (nSPS) is 11.6. The number of nitrogens with one attached hydrogen (secondary N) is 1. The Morgan fingerprint density at radius 2 is 2.16 bits per heavy atom. The van der Waals surface area contributed by atoms with Crippen LogP contribution in [0.4, 0.5) is 13.2 Å². The highest BCUT2D eigenvalue weighted by atomic mass is 35.5. The largest absolute Gasteiger partial charge is 0.411 e. The number of carbonyl (C=O) groups is 1. The van der Waals surface area contributed by atoms with Gasteiger partial charge in [-0.25, -0.2) is 0 Å². The third kappa shape index (κ3) is 5.75. The van der Waals surface area contributed by atoms with Crippen LogP contribution in [0.3, 0.4) is 0 Å². The van der Waals surface area contributed by atoms with Crippen LogP contribution in [0, 0.1) is 0 Å². The maximum Gasteiger partial charge on any atom is 0.411 e. The van der Waals surface area contributed by atoms with E-state index >= 15 is 0 Å². The van der Waals surface area contributed by atoms with Gasteiger partial charge in [-0.2, -0.15) is 18.3 Å². The van der Waals surface area contributed by atoms with Gasteiger partial charge in [0.2, 0.25) is 0 Å². The van der Waals surface area contributed by atoms with E-state index in [1.54, 1.807) is 22.9 Å². The molecule has 1 N–H and O–H groups in total. The Morgan fingerprint density at radius 3 is 2.84 bits per heavy atom. The first-order valence-electron chi connectivity index (χ1n) is 7.52. The molecule has 0 saturated carbocycles. The fraction of sp³-hybridized carbons (Fsp3) is 0.375. The lowest BCUT2D eigenvalue weighted by Crippen LogP contribution is -2.24. The zero-order valence-electron chi connectivity index (χ0n) is 13.4. The van der Waals surface area contributed by atoms with Crippen LogP contribution in [0.2, 0.25) is 5.02 Å². The average Bonchev–Trinajstić information content (AvgIpc) is 2.91. The van der Waals surface area contributed by atoms with Crippen molar-refractivity contribution in [3.8, 4) is 0 Å². The third-order valence-corrected chi connectivity index (χ3v) is 3.65. The van der Waals surface area contributed by atoms with Crippen LogP contribution >= 0.6 is 11.6 Å². The van der Waals surface area contributed by atoms with Crippen molar-refractivity contribution in [1.82, 2.24) is 15.1 Å². The molecule has 0 radical (unpaired) electrons. The number of aryl methyl sites for hydroxylation is 1. The molecule has 1 aromatic heterocycles. The first kappa shape index (κ1) is 19.3. The molecule has 0 aliphatic carbocycles. The van der Waals surface area contributed by atoms with Crippen molar-refractivity contribution in [3.63, 3.8) is 0 Å². The van der Waals surface area contributed by atoms with Gasteiger partial charge in [0, 0.05) is 12.1 Å². The first-order chi connectivity index (χ1) is 11.8. The van der Waals surface area contributed by atoms with E-state index in [9.17, 15) is 18.0 Å². The summed E-state index contributed by atoms with van der Waals surface area (Å²) in [4.78, 5) is 12.2. The summed E-state index contributed by atoms with van der Waals surface area (Å²) in [5.74, 6) is -0.363. The maximum atomic E-state index is 12.2. The predicted octanol–water partition coefficient (Wildman–Crippen LogP) is 3.57. The summed E-state index contributed by atoms with van der Waals surface area (Å²) >= 11 is 6.03. The van der Waals surface area contributed by atoms with Crippen LogP contribution in [0.25, 0.3) is 0 Å². The second kappa shape index (κ2) is 8.35. The number of nitrogens with zero attached hydrogens (tertiary/aromatic N) is 2. The molecule has 136 valence electrons. The van der Waals surface area contributed by atoms with Crippen molar-refractivity contribution < 1.29 is 22.7 Å². The average molecular weight is 376 g/mol. The quantitative estimate of drug-likeness (QED) is 0.805. The van der Waals surface area contributed by atoms with Gasteiger partial charge in [0.15, 0.2) is 0 Å². The minimum atomic E-state index is -4.38. The Hall–Kier alpha value is -2.06. The van der Waals surface area contributed by atoms with Crippen molar-refractivity contribution in [3.05, 3.63) is 52.3 Å². The molecule has 2 rings (SSSR count). The van der Waals surface area contributed by atoms with Crippen LogP contribution in [-0.4, -0.2) is 28.5 Å². The van der Waals surface area contributed by atoms with Gasteiger partial charge in [-0.1, -0.05) is 23.7 Å². The Bertz CT molecular complexity index is 732. The second-order valence-electron chi connectivity index (χ2n) is 5.25. The topological polar surface area (TPSA) is 56.2 Å². The van der Waals surface area contributed by atoms with E-state index in [-0.39, 0.29) is 19.1 Å². The Balaban J connectivity index is 1.95. The fourth-order valence-corrected chi connectivity index (χ4v) is 2.40. The van der Waals surface area contributed by atoms with Gasteiger partial charge in [-0.3, -0.25) is 9.48 Å². The number of aromatic nitrogens is 2. The van der Waals surface area contributed by atoms with Gasteiger partial charge >= 0.3 is 6.18 Å². The Morgan fingerprint density at radius 1 is 1.40 bits per heavy atom. The van der Waals surface area contributed by atoms with Gasteiger partial charge in [0.05, 0.1) is 30.1 Å². The summed E-state index contributed by atoms with van der Waals surface area (Å²) < 4.78 is 42.5. The van der Waals surface area contributed by atoms with Crippen molar-refractivity contribution >= 4 is 17.5 Å². The molecule has 0 atom stereocenters. The highest BCUT2D eigenvalue weighted by Gasteiger charge is 2.27. The number of hydrogen-bond acceptors (Lipinski definition) is 3. The lowest BCUT2D eigenvalue weighted by molar-refractivity contribution is -0.176. The molecule has 0 unspecified atom stereocenters. The second-order valence-corrected chi connectivity index (χ2v) is 5.65. The lowest BCUT2D eigenvalue weighted by Gasteiger charge is -2.10. The van der Waals surface area contributed by atoms with Crippen LogP contribution in [0.5, 0.6) is 0 Å². The smallest absolute Gasteiger partial charge is 0.367 e. The molecule has 1 heterocycles. The number of hydrogen-bond donors (Lipinski definition) is 1. The molecule has 1 amide bonds. The molecule has 0 saturated heterocycles. The number of rotatable bonds is 7. The van der Waals surface area contributed by atoms with E-state index in [0.29, 0.717) is 28.4 Å². The molecule has 9 heteroatoms. The van der Waals surface area contributed by atoms with E-state index in [1.165, 1.54) is 12.3 Å². The van der Waals surface area contributed by atoms with Crippen molar-refractivity contribution in [2.75, 3.05) is 6.61 Å². The molecular formula is C16H17ClF3N3O2. The summed E-state index contributed by atoms with van der Waals surface area (Å²) in [6.45, 7) is 1.15. The fourth-order valence-electron chi connectivity index (χ4n) is 2.19. The summed E-state index contributed by atoms with van der Waals surface area (Å²) in [5.41, 5.74) is 1.49. The summed E-state index contributed by atoms with van der Waals surface area (Å²) in [5, 5.41) is 7.25. The molecule has 0 aliphatic rings. The highest BCUT2D eigenvalue weighted by molar-refractivity contribution is 6.31. The standard InChI is InChI=1S/C16H17ClF3N3O2/c1-2-23-14(13(17)7-22-23)8-21-15(24)12-5-3-4-11(6-12)9-25-10-16(18,19)20/h3-7H,2,8-10H2,1H3,(H,21,24). The molecule has 0 fully saturated rings. The van der Waals surface area contributed by atoms with Crippen molar-refractivity contribution in [1.29, 1.82) is 0 Å². The molecule has 0 spiro atoms. The lowest BCUT2D eigenvalue weighted by atomic mass is 10.1. The third-order valence-electron chi connectivity index (χ3n) is 3.34. The molecule has 0 aliphatic heterocycles. The van der Waals surface area contributed by atoms with Crippen molar-refractivity contribution in [2.24, 2.45) is 0 Å². The monoisotopic (exact) mass is 375 g/mol. The van der Waals surface area contributed by atoms with E-state index in [4.69, 9.17) is 11.6 Å². The van der Waals surface area contributed by atoms with Gasteiger partial charge in [0.1, 0.15) is 6.61 Å². The molecule has 2 aromatic rings. The number of alkyl halides is 3. The summed E-state index contributed by atoms with van der Waals surface area (Å²) in [7, 11) is 0. The number of halogens is 4. The van der Waals surface area contributed by atoms with Crippen LogP contribution < -0.4 is 5.32 Å². The SMILES string of the molecule is CCn1ncc(Cl)c1CNC(=O)c1cccc(COCC(F)(F)F)c1.